The van der Waals surface area contributed by atoms with Crippen LogP contribution < -0.4 is 24.8 Å². The van der Waals surface area contributed by atoms with E-state index in [2.05, 4.69) is 82.3 Å². The van der Waals surface area contributed by atoms with E-state index in [4.69, 9.17) is 0 Å². The van der Waals surface area contributed by atoms with Gasteiger partial charge in [0, 0.05) is 0 Å². The third-order valence-electron chi connectivity index (χ3n) is 4.45. The topological polar surface area (TPSA) is 0 Å². The molecule has 0 amide bonds. The Morgan fingerprint density at radius 3 is 1.71 bits per heavy atom. The van der Waals surface area contributed by atoms with Crippen molar-refractivity contribution >= 4 is 27.0 Å². The minimum atomic E-state index is 0. The molecule has 0 radical (unpaired) electrons. The molecule has 4 rings (SSSR count). The van der Waals surface area contributed by atoms with Gasteiger partial charge in [0.2, 0.25) is 0 Å². The predicted octanol–water partition coefficient (Wildman–Crippen LogP) is 1.21. The standard InChI is InChI=1S/C15H13.C5H5.C4H10Si.2ClH.Zr/c1-10-3-5-14-12(7-10)9-13-8-11(2)4-6-15(13)14;1-2-4-5-3-1;1-3-5-4-2;;;/h3-9H,1-2H3;1-3H,4H2;3-4H2,1-2H3;2*1H;/q2*-1;;;;+2/p-2. The van der Waals surface area contributed by atoms with Gasteiger partial charge in [-0.1, -0.05) is 35.4 Å². The molecule has 0 saturated carbocycles. The van der Waals surface area contributed by atoms with E-state index in [0.717, 1.165) is 6.42 Å². The van der Waals surface area contributed by atoms with E-state index in [1.54, 1.807) is 23.3 Å². The molecule has 0 nitrogen and oxygen atoms in total. The second-order valence-electron chi connectivity index (χ2n) is 6.64. The van der Waals surface area contributed by atoms with Crippen LogP contribution in [0.25, 0.3) is 21.5 Å². The predicted molar refractivity (Wildman–Crippen MR) is 115 cm³/mol. The van der Waals surface area contributed by atoms with Crippen LogP contribution >= 0.6 is 0 Å². The van der Waals surface area contributed by atoms with E-state index in [0.29, 0.717) is 0 Å². The second-order valence-corrected chi connectivity index (χ2v) is 14.5. The Morgan fingerprint density at radius 1 is 0.929 bits per heavy atom. The van der Waals surface area contributed by atoms with E-state index in [-0.39, 0.29) is 30.2 Å². The largest absolute Gasteiger partial charge is 1.00 e. The normalized spacial score (nSPS) is 11.1. The SMILES string of the molecule is CC[Si](=[Zr+2])CC.Cc1ccc2c(c1)[cH-]c1cc(C)ccc12.[C-]1=CC=CC1.[Cl-].[Cl-]. The van der Waals surface area contributed by atoms with Crippen LogP contribution in [-0.2, 0) is 23.3 Å². The minimum absolute atomic E-state index is 0. The number of hydrogen-bond donors (Lipinski definition) is 0. The second kappa shape index (κ2) is 14.5. The van der Waals surface area contributed by atoms with Crippen LogP contribution in [0.5, 0.6) is 0 Å². The van der Waals surface area contributed by atoms with Gasteiger partial charge in [0.15, 0.2) is 0 Å². The molecule has 0 aromatic heterocycles. The Bertz CT molecular complexity index is 866. The molecule has 0 N–H and O–H groups in total. The Morgan fingerprint density at radius 2 is 1.43 bits per heavy atom. The molecule has 28 heavy (non-hydrogen) atoms. The molecular weight excluding hydrogens is 478 g/mol. The summed E-state index contributed by atoms with van der Waals surface area (Å²) in [5.41, 5.74) is 2.88. The smallest absolute Gasteiger partial charge is 0.0469 e. The number of fused-ring (bicyclic) bond motifs is 3. The average Bonchev–Trinajstić information content (AvgIpc) is 3.31. The van der Waals surface area contributed by atoms with Gasteiger partial charge in [-0.25, -0.2) is 12.2 Å². The number of halogens is 2. The zero-order chi connectivity index (χ0) is 18.9. The number of rotatable bonds is 2. The summed E-state index contributed by atoms with van der Waals surface area (Å²) in [5, 5.41) is 5.46. The van der Waals surface area contributed by atoms with Crippen molar-refractivity contribution in [2.75, 3.05) is 0 Å². The fraction of sp³-hybridized carbons (Fsp3) is 0.292. The van der Waals surface area contributed by atoms with Gasteiger partial charge in [-0.2, -0.15) is 6.08 Å². The van der Waals surface area contributed by atoms with Crippen molar-refractivity contribution in [3.8, 4) is 0 Å². The average molecular weight is 507 g/mol. The molecule has 0 fully saturated rings. The third kappa shape index (κ3) is 8.46. The van der Waals surface area contributed by atoms with Gasteiger partial charge in [-0.05, 0) is 13.8 Å². The summed E-state index contributed by atoms with van der Waals surface area (Å²) in [7, 11) is 0. The van der Waals surface area contributed by atoms with Crippen LogP contribution in [0.1, 0.15) is 31.4 Å². The maximum atomic E-state index is 2.99. The Labute approximate surface area is 198 Å². The summed E-state index contributed by atoms with van der Waals surface area (Å²) in [5.74, 6) is 0. The van der Waals surface area contributed by atoms with Crippen molar-refractivity contribution in [1.82, 2.24) is 0 Å². The molecule has 0 unspecified atom stereocenters. The summed E-state index contributed by atoms with van der Waals surface area (Å²) in [6, 6.07) is 18.5. The fourth-order valence-corrected chi connectivity index (χ4v) is 3.35. The molecule has 3 aromatic carbocycles. The molecule has 0 atom stereocenters. The molecular formula is C24H28Cl2SiZr-2. The van der Waals surface area contributed by atoms with E-state index in [9.17, 15) is 0 Å². The van der Waals surface area contributed by atoms with Gasteiger partial charge in [0.25, 0.3) is 0 Å². The van der Waals surface area contributed by atoms with Gasteiger partial charge in [-0.3, -0.25) is 6.08 Å². The molecule has 4 heteroatoms. The van der Waals surface area contributed by atoms with Crippen LogP contribution in [0.2, 0.25) is 12.1 Å². The summed E-state index contributed by atoms with van der Waals surface area (Å²) in [6.45, 7) is 8.88. The Kier molecular flexibility index (Phi) is 14.2. The molecule has 1 aliphatic rings. The maximum Gasteiger partial charge on any atom is -0.0469 e. The molecule has 148 valence electrons. The van der Waals surface area contributed by atoms with Crippen molar-refractivity contribution in [2.24, 2.45) is 0 Å². The summed E-state index contributed by atoms with van der Waals surface area (Å²) in [4.78, 5) is 0. The first kappa shape index (κ1) is 27.5. The fourth-order valence-electron chi connectivity index (χ4n) is 2.85. The quantitative estimate of drug-likeness (QED) is 0.362. The maximum absolute atomic E-state index is 2.99. The molecule has 0 saturated heterocycles. The van der Waals surface area contributed by atoms with Gasteiger partial charge < -0.3 is 24.8 Å². The van der Waals surface area contributed by atoms with Crippen LogP contribution in [0.3, 0.4) is 0 Å². The van der Waals surface area contributed by atoms with Crippen molar-refractivity contribution in [2.45, 2.75) is 46.2 Å². The number of hydrogen-bond acceptors (Lipinski definition) is 0. The molecule has 0 heterocycles. The molecule has 0 spiro atoms. The number of benzene rings is 2. The molecule has 3 aromatic rings. The monoisotopic (exact) mass is 504 g/mol. The summed E-state index contributed by atoms with van der Waals surface area (Å²) >= 11 is 1.80. The van der Waals surface area contributed by atoms with Crippen LogP contribution in [0.15, 0.2) is 60.7 Å². The molecule has 1 aliphatic carbocycles. The Balaban J connectivity index is 0.000000473. The zero-order valence-electron chi connectivity index (χ0n) is 17.2. The van der Waals surface area contributed by atoms with E-state index < -0.39 is 0 Å². The first-order valence-corrected chi connectivity index (χ1v) is 15.0. The molecule has 0 bridgehead atoms. The number of allylic oxidation sites excluding steroid dienone is 4. The summed E-state index contributed by atoms with van der Waals surface area (Å²) < 4.78 is 0. The van der Waals surface area contributed by atoms with Gasteiger partial charge in [-0.15, -0.1) is 46.2 Å². The van der Waals surface area contributed by atoms with Crippen LogP contribution in [0.4, 0.5) is 0 Å². The van der Waals surface area contributed by atoms with Crippen molar-refractivity contribution in [1.29, 1.82) is 0 Å². The van der Waals surface area contributed by atoms with Gasteiger partial charge in [0.1, 0.15) is 0 Å². The van der Waals surface area contributed by atoms with Crippen molar-refractivity contribution in [3.05, 3.63) is 77.9 Å². The van der Waals surface area contributed by atoms with E-state index >= 15 is 0 Å². The van der Waals surface area contributed by atoms with E-state index in [1.165, 1.54) is 44.8 Å². The van der Waals surface area contributed by atoms with Crippen LogP contribution in [0, 0.1) is 19.9 Å². The van der Waals surface area contributed by atoms with Crippen molar-refractivity contribution in [3.63, 3.8) is 0 Å². The van der Waals surface area contributed by atoms with E-state index in [1.807, 2.05) is 12.2 Å². The molecule has 0 aliphatic heterocycles. The zero-order valence-corrected chi connectivity index (χ0v) is 22.1. The third-order valence-corrected chi connectivity index (χ3v) is 11.4. The van der Waals surface area contributed by atoms with Gasteiger partial charge >= 0.3 is 54.7 Å². The Hall–Kier alpha value is -0.530. The first-order chi connectivity index (χ1) is 12.5. The van der Waals surface area contributed by atoms with Crippen LogP contribution in [-0.4, -0.2) is 5.43 Å². The van der Waals surface area contributed by atoms with Gasteiger partial charge in [0.05, 0.1) is 0 Å². The summed E-state index contributed by atoms with van der Waals surface area (Å²) in [6.07, 6.45) is 10.0. The first-order valence-electron chi connectivity index (χ1n) is 9.39. The number of aryl methyl sites for hydroxylation is 2. The minimum Gasteiger partial charge on any atom is -1.00 e. The van der Waals surface area contributed by atoms with Crippen molar-refractivity contribution < 1.29 is 48.1 Å².